The highest BCUT2D eigenvalue weighted by molar-refractivity contribution is 6.00. The van der Waals surface area contributed by atoms with Crippen molar-refractivity contribution in [3.8, 4) is 11.5 Å². The topological polar surface area (TPSA) is 63.6 Å². The molecule has 3 aromatic carbocycles. The summed E-state index contributed by atoms with van der Waals surface area (Å²) in [6, 6.07) is 17.2. The first-order chi connectivity index (χ1) is 10.7. The zero-order valence-corrected chi connectivity index (χ0v) is 11.5. The number of aromatic carboxylic acids is 1. The van der Waals surface area contributed by atoms with Crippen molar-refractivity contribution in [3.05, 3.63) is 71.8 Å². The fraction of sp³-hybridized carbons (Fsp3) is 0. The van der Waals surface area contributed by atoms with Crippen LogP contribution in [0.3, 0.4) is 0 Å². The maximum Gasteiger partial charge on any atom is 0.339 e. The Bertz CT molecular complexity index is 851. The molecule has 108 valence electrons. The molecule has 0 fully saturated rings. The van der Waals surface area contributed by atoms with Crippen LogP contribution >= 0.6 is 0 Å². The van der Waals surface area contributed by atoms with E-state index in [-0.39, 0.29) is 5.56 Å². The second-order valence-electron chi connectivity index (χ2n) is 4.76. The number of ether oxygens (including phenoxy) is 1. The number of hydrogen-bond donors (Lipinski definition) is 1. The van der Waals surface area contributed by atoms with Crippen LogP contribution in [0.1, 0.15) is 20.7 Å². The van der Waals surface area contributed by atoms with Gasteiger partial charge in [-0.1, -0.05) is 30.3 Å². The van der Waals surface area contributed by atoms with Crippen LogP contribution in [0.25, 0.3) is 10.8 Å². The largest absolute Gasteiger partial charge is 0.478 e. The van der Waals surface area contributed by atoms with Crippen molar-refractivity contribution in [2.24, 2.45) is 0 Å². The third-order valence-electron chi connectivity index (χ3n) is 3.35. The van der Waals surface area contributed by atoms with E-state index in [1.807, 2.05) is 24.3 Å². The van der Waals surface area contributed by atoms with Gasteiger partial charge in [0.1, 0.15) is 23.3 Å². The number of hydrogen-bond acceptors (Lipinski definition) is 3. The smallest absolute Gasteiger partial charge is 0.339 e. The fourth-order valence-corrected chi connectivity index (χ4v) is 2.25. The molecule has 0 aromatic heterocycles. The van der Waals surface area contributed by atoms with Crippen molar-refractivity contribution in [1.29, 1.82) is 0 Å². The van der Waals surface area contributed by atoms with Crippen molar-refractivity contribution < 1.29 is 19.4 Å². The number of carbonyl (C=O) groups is 2. The molecule has 0 bridgehead atoms. The predicted molar refractivity (Wildman–Crippen MR) is 82.8 cm³/mol. The Kier molecular flexibility index (Phi) is 3.58. The summed E-state index contributed by atoms with van der Waals surface area (Å²) in [5.41, 5.74) is 0.627. The first kappa shape index (κ1) is 13.8. The third-order valence-corrected chi connectivity index (χ3v) is 3.35. The van der Waals surface area contributed by atoms with Gasteiger partial charge in [-0.15, -0.1) is 0 Å². The van der Waals surface area contributed by atoms with Gasteiger partial charge in [-0.2, -0.15) is 0 Å². The van der Waals surface area contributed by atoms with E-state index in [0.29, 0.717) is 17.1 Å². The number of benzene rings is 3. The molecule has 0 radical (unpaired) electrons. The zero-order chi connectivity index (χ0) is 15.5. The molecule has 4 heteroatoms. The molecule has 0 saturated carbocycles. The number of carboxylic acid groups (broad SMARTS) is 1. The van der Waals surface area contributed by atoms with Gasteiger partial charge in [0.25, 0.3) is 0 Å². The standard InChI is InChI=1S/C18H12O4/c19-11-12-5-8-14(9-6-12)22-17-15-4-2-1-3-13(15)7-10-16(17)18(20)21/h1-11H,(H,20,21). The van der Waals surface area contributed by atoms with Gasteiger partial charge in [0, 0.05) is 10.9 Å². The monoisotopic (exact) mass is 292 g/mol. The summed E-state index contributed by atoms with van der Waals surface area (Å²) in [4.78, 5) is 22.1. The lowest BCUT2D eigenvalue weighted by Crippen LogP contribution is -2.00. The second-order valence-corrected chi connectivity index (χ2v) is 4.76. The molecule has 22 heavy (non-hydrogen) atoms. The Morgan fingerprint density at radius 2 is 1.68 bits per heavy atom. The van der Waals surface area contributed by atoms with Crippen molar-refractivity contribution in [2.45, 2.75) is 0 Å². The molecule has 1 N–H and O–H groups in total. The summed E-state index contributed by atoms with van der Waals surface area (Å²) >= 11 is 0. The van der Waals surface area contributed by atoms with Gasteiger partial charge in [-0.05, 0) is 35.7 Å². The summed E-state index contributed by atoms with van der Waals surface area (Å²) in [5, 5.41) is 11.0. The maximum atomic E-state index is 11.4. The molecule has 0 aliphatic heterocycles. The van der Waals surface area contributed by atoms with Gasteiger partial charge in [0.2, 0.25) is 0 Å². The van der Waals surface area contributed by atoms with E-state index < -0.39 is 5.97 Å². The maximum absolute atomic E-state index is 11.4. The highest BCUT2D eigenvalue weighted by Crippen LogP contribution is 2.33. The van der Waals surface area contributed by atoms with Crippen LogP contribution < -0.4 is 4.74 Å². The average molecular weight is 292 g/mol. The summed E-state index contributed by atoms with van der Waals surface area (Å²) in [6.45, 7) is 0. The number of carbonyl (C=O) groups excluding carboxylic acids is 1. The van der Waals surface area contributed by atoms with Crippen molar-refractivity contribution in [1.82, 2.24) is 0 Å². The van der Waals surface area contributed by atoms with Crippen LogP contribution in [-0.4, -0.2) is 17.4 Å². The van der Waals surface area contributed by atoms with Crippen LogP contribution in [0.4, 0.5) is 0 Å². The molecule has 0 amide bonds. The average Bonchev–Trinajstić information content (AvgIpc) is 2.55. The van der Waals surface area contributed by atoms with Gasteiger partial charge in [-0.25, -0.2) is 4.79 Å². The van der Waals surface area contributed by atoms with Gasteiger partial charge in [-0.3, -0.25) is 4.79 Å². The SMILES string of the molecule is O=Cc1ccc(Oc2c(C(=O)O)ccc3ccccc23)cc1. The molecule has 4 nitrogen and oxygen atoms in total. The second kappa shape index (κ2) is 5.69. The van der Waals surface area contributed by atoms with Crippen LogP contribution in [0, 0.1) is 0 Å². The number of aldehydes is 1. The first-order valence-corrected chi connectivity index (χ1v) is 6.67. The Morgan fingerprint density at radius 3 is 2.36 bits per heavy atom. The van der Waals surface area contributed by atoms with E-state index in [1.165, 1.54) is 6.07 Å². The van der Waals surface area contributed by atoms with Gasteiger partial charge in [0.15, 0.2) is 0 Å². The summed E-state index contributed by atoms with van der Waals surface area (Å²) < 4.78 is 5.79. The lowest BCUT2D eigenvalue weighted by Gasteiger charge is -2.12. The zero-order valence-electron chi connectivity index (χ0n) is 11.5. The molecule has 0 aliphatic rings. The highest BCUT2D eigenvalue weighted by atomic mass is 16.5. The Hall–Kier alpha value is -3.14. The summed E-state index contributed by atoms with van der Waals surface area (Å²) in [7, 11) is 0. The Morgan fingerprint density at radius 1 is 0.955 bits per heavy atom. The van der Waals surface area contributed by atoms with Crippen molar-refractivity contribution >= 4 is 23.0 Å². The van der Waals surface area contributed by atoms with E-state index in [1.54, 1.807) is 30.3 Å². The number of rotatable bonds is 4. The molecule has 0 saturated heterocycles. The Labute approximate surface area is 126 Å². The van der Waals surface area contributed by atoms with E-state index in [9.17, 15) is 14.7 Å². The molecule has 0 atom stereocenters. The van der Waals surface area contributed by atoms with Gasteiger partial charge in [0.05, 0.1) is 0 Å². The minimum absolute atomic E-state index is 0.0955. The van der Waals surface area contributed by atoms with Gasteiger partial charge < -0.3 is 9.84 Å². The minimum Gasteiger partial charge on any atom is -0.478 e. The van der Waals surface area contributed by atoms with Crippen LogP contribution in [0.5, 0.6) is 11.5 Å². The molecular formula is C18H12O4. The molecule has 0 spiro atoms. The fourth-order valence-electron chi connectivity index (χ4n) is 2.25. The normalized spacial score (nSPS) is 10.4. The van der Waals surface area contributed by atoms with Crippen molar-refractivity contribution in [3.63, 3.8) is 0 Å². The van der Waals surface area contributed by atoms with Crippen LogP contribution in [0.2, 0.25) is 0 Å². The lowest BCUT2D eigenvalue weighted by molar-refractivity contribution is 0.0694. The van der Waals surface area contributed by atoms with E-state index in [2.05, 4.69) is 0 Å². The minimum atomic E-state index is -1.05. The summed E-state index contributed by atoms with van der Waals surface area (Å²) in [6.07, 6.45) is 0.740. The van der Waals surface area contributed by atoms with Crippen molar-refractivity contribution in [2.75, 3.05) is 0 Å². The van der Waals surface area contributed by atoms with E-state index in [4.69, 9.17) is 4.74 Å². The highest BCUT2D eigenvalue weighted by Gasteiger charge is 2.15. The molecule has 0 aliphatic carbocycles. The van der Waals surface area contributed by atoms with Gasteiger partial charge >= 0.3 is 5.97 Å². The molecule has 3 rings (SSSR count). The third kappa shape index (κ3) is 2.54. The number of carboxylic acids is 1. The molecule has 0 unspecified atom stereocenters. The lowest BCUT2D eigenvalue weighted by atomic mass is 10.1. The molecule has 3 aromatic rings. The molecular weight excluding hydrogens is 280 g/mol. The number of fused-ring (bicyclic) bond motifs is 1. The first-order valence-electron chi connectivity index (χ1n) is 6.67. The van der Waals surface area contributed by atoms with Crippen LogP contribution in [-0.2, 0) is 0 Å². The van der Waals surface area contributed by atoms with E-state index >= 15 is 0 Å². The van der Waals surface area contributed by atoms with Crippen LogP contribution in [0.15, 0.2) is 60.7 Å². The molecule has 0 heterocycles. The quantitative estimate of drug-likeness (QED) is 0.734. The predicted octanol–water partition coefficient (Wildman–Crippen LogP) is 4.14. The summed E-state index contributed by atoms with van der Waals surface area (Å²) in [5.74, 6) is -0.279. The Balaban J connectivity index is 2.12. The van der Waals surface area contributed by atoms with E-state index in [0.717, 1.165) is 17.1 Å².